The van der Waals surface area contributed by atoms with E-state index in [1.165, 1.54) is 23.5 Å². The normalized spacial score (nSPS) is 11.0. The van der Waals surface area contributed by atoms with Crippen molar-refractivity contribution < 1.29 is 14.3 Å². The van der Waals surface area contributed by atoms with Crippen LogP contribution in [0.1, 0.15) is 44.9 Å². The number of unbranched alkanes of at least 4 members (excludes halogenated alkanes) is 1. The molecule has 0 fully saturated rings. The summed E-state index contributed by atoms with van der Waals surface area (Å²) in [5, 5.41) is 6.53. The Morgan fingerprint density at radius 1 is 1.05 bits per heavy atom. The molecule has 0 saturated carbocycles. The number of nitrogens with one attached hydrogen (secondary N) is 2. The van der Waals surface area contributed by atoms with Crippen LogP contribution in [-0.4, -0.2) is 39.2 Å². The van der Waals surface area contributed by atoms with Crippen LogP contribution >= 0.6 is 23.5 Å². The quantitative estimate of drug-likeness (QED) is 0.143. The smallest absolute Gasteiger partial charge is 0.323 e. The number of carbonyl (C=O) groups is 1. The van der Waals surface area contributed by atoms with Crippen molar-refractivity contribution in [2.45, 2.75) is 69.7 Å². The van der Waals surface area contributed by atoms with E-state index in [0.717, 1.165) is 29.0 Å². The highest BCUT2D eigenvalue weighted by molar-refractivity contribution is 7.99. The molecule has 4 aromatic rings. The number of aromatic nitrogens is 3. The van der Waals surface area contributed by atoms with Crippen LogP contribution in [0.2, 0.25) is 0 Å². The fraction of sp³-hybridized carbons (Fsp3) is 0.333. The molecular formula is C33H39N5O4S2. The van der Waals surface area contributed by atoms with Gasteiger partial charge in [0.25, 0.3) is 5.56 Å². The van der Waals surface area contributed by atoms with Crippen LogP contribution in [0.25, 0.3) is 11.1 Å². The molecule has 2 amide bonds. The van der Waals surface area contributed by atoms with Gasteiger partial charge in [-0.25, -0.2) is 9.78 Å². The Kier molecular flexibility index (Phi) is 11.7. The van der Waals surface area contributed by atoms with E-state index in [1.807, 2.05) is 75.7 Å². The molecule has 1 aromatic carbocycles. The Balaban J connectivity index is 1.73. The standard InChI is InChI=1S/C33H39N5O4S2/c1-7-8-15-38-16-13-26(25-12-11-24(18-27(25)42-21(2)3)41-20-23-10-9-14-34-19-23)29(32(38)39)36-33(40)37-30-28(43-5)17-22(4)35-31(30)44-6/h9-14,16-19,21H,7-8,15,20H2,1-6H3,(H2,36,37,40). The number of hydrogen-bond acceptors (Lipinski definition) is 8. The molecule has 9 nitrogen and oxygen atoms in total. The summed E-state index contributed by atoms with van der Waals surface area (Å²) in [6.45, 7) is 8.75. The summed E-state index contributed by atoms with van der Waals surface area (Å²) in [5.74, 6) is 1.15. The molecule has 0 saturated heterocycles. The Bertz CT molecular complexity index is 1620. The van der Waals surface area contributed by atoms with Gasteiger partial charge in [-0.3, -0.25) is 9.78 Å². The molecule has 0 aliphatic heterocycles. The number of rotatable bonds is 13. The maximum absolute atomic E-state index is 13.8. The van der Waals surface area contributed by atoms with Gasteiger partial charge in [0.15, 0.2) is 0 Å². The second-order valence-corrected chi connectivity index (χ2v) is 12.0. The van der Waals surface area contributed by atoms with Gasteiger partial charge in [0.05, 0.1) is 11.8 Å². The zero-order chi connectivity index (χ0) is 31.6. The van der Waals surface area contributed by atoms with Crippen molar-refractivity contribution in [3.8, 4) is 22.6 Å². The molecule has 3 aromatic heterocycles. The Labute approximate surface area is 267 Å². The highest BCUT2D eigenvalue weighted by atomic mass is 32.2. The molecule has 0 unspecified atom stereocenters. The second-order valence-electron chi connectivity index (χ2n) is 10.4. The van der Waals surface area contributed by atoms with Gasteiger partial charge in [0.2, 0.25) is 0 Å². The third-order valence-corrected chi connectivity index (χ3v) is 8.06. The number of ether oxygens (including phenoxy) is 2. The van der Waals surface area contributed by atoms with Crippen molar-refractivity contribution in [1.82, 2.24) is 14.5 Å². The molecular weight excluding hydrogens is 595 g/mol. The Morgan fingerprint density at radius 3 is 2.52 bits per heavy atom. The van der Waals surface area contributed by atoms with E-state index in [0.29, 0.717) is 46.5 Å². The topological polar surface area (TPSA) is 107 Å². The summed E-state index contributed by atoms with van der Waals surface area (Å²) < 4.78 is 13.9. The van der Waals surface area contributed by atoms with Gasteiger partial charge in [0.1, 0.15) is 28.8 Å². The minimum atomic E-state index is -0.532. The summed E-state index contributed by atoms with van der Waals surface area (Å²) in [4.78, 5) is 37.0. The average Bonchev–Trinajstić information content (AvgIpc) is 3.01. The zero-order valence-electron chi connectivity index (χ0n) is 26.0. The molecule has 0 aliphatic carbocycles. The number of aryl methyl sites for hydroxylation is 2. The highest BCUT2D eigenvalue weighted by Crippen LogP contribution is 2.38. The van der Waals surface area contributed by atoms with E-state index in [9.17, 15) is 9.59 Å². The number of thioether (sulfide) groups is 2. The monoisotopic (exact) mass is 633 g/mol. The number of carbonyl (C=O) groups excluding carboxylic acids is 1. The molecule has 0 atom stereocenters. The minimum absolute atomic E-state index is 0.143. The van der Waals surface area contributed by atoms with Crippen LogP contribution in [0.3, 0.4) is 0 Å². The van der Waals surface area contributed by atoms with Crippen LogP contribution in [0, 0.1) is 6.92 Å². The van der Waals surface area contributed by atoms with Crippen molar-refractivity contribution in [1.29, 1.82) is 0 Å². The number of nitrogens with zero attached hydrogens (tertiary/aromatic N) is 3. The predicted octanol–water partition coefficient (Wildman–Crippen LogP) is 7.87. The van der Waals surface area contributed by atoms with Crippen LogP contribution in [0.4, 0.5) is 16.2 Å². The molecule has 0 bridgehead atoms. The van der Waals surface area contributed by atoms with E-state index in [4.69, 9.17) is 9.47 Å². The summed E-state index contributed by atoms with van der Waals surface area (Å²) in [6.07, 6.45) is 10.7. The molecule has 232 valence electrons. The van der Waals surface area contributed by atoms with E-state index in [1.54, 1.807) is 23.2 Å². The third-order valence-electron chi connectivity index (χ3n) is 6.62. The highest BCUT2D eigenvalue weighted by Gasteiger charge is 2.21. The summed E-state index contributed by atoms with van der Waals surface area (Å²) in [6, 6.07) is 12.5. The summed E-state index contributed by atoms with van der Waals surface area (Å²) >= 11 is 2.97. The largest absolute Gasteiger partial charge is 0.490 e. The van der Waals surface area contributed by atoms with Crippen LogP contribution in [0.5, 0.6) is 11.5 Å². The third kappa shape index (κ3) is 8.35. The van der Waals surface area contributed by atoms with Gasteiger partial charge in [-0.05, 0) is 70.0 Å². The van der Waals surface area contributed by atoms with Gasteiger partial charge in [-0.2, -0.15) is 0 Å². The first-order chi connectivity index (χ1) is 21.2. The zero-order valence-corrected chi connectivity index (χ0v) is 27.6. The summed E-state index contributed by atoms with van der Waals surface area (Å²) in [5.41, 5.74) is 3.48. The molecule has 0 radical (unpaired) electrons. The van der Waals surface area contributed by atoms with Gasteiger partial charge >= 0.3 is 6.03 Å². The first-order valence-electron chi connectivity index (χ1n) is 14.5. The van der Waals surface area contributed by atoms with Gasteiger partial charge < -0.3 is 24.7 Å². The maximum Gasteiger partial charge on any atom is 0.323 e. The number of amides is 2. The molecule has 3 heterocycles. The molecule has 0 aliphatic rings. The van der Waals surface area contributed by atoms with Crippen molar-refractivity contribution in [3.05, 3.63) is 82.7 Å². The Hall–Kier alpha value is -3.96. The van der Waals surface area contributed by atoms with E-state index in [2.05, 4.69) is 27.5 Å². The molecule has 0 spiro atoms. The van der Waals surface area contributed by atoms with E-state index < -0.39 is 6.03 Å². The lowest BCUT2D eigenvalue weighted by atomic mass is 10.0. The van der Waals surface area contributed by atoms with Crippen molar-refractivity contribution in [2.24, 2.45) is 0 Å². The fourth-order valence-corrected chi connectivity index (χ4v) is 5.84. The molecule has 11 heteroatoms. The number of hydrogen-bond donors (Lipinski definition) is 2. The maximum atomic E-state index is 13.8. The minimum Gasteiger partial charge on any atom is -0.490 e. The van der Waals surface area contributed by atoms with Crippen molar-refractivity contribution >= 4 is 40.9 Å². The van der Waals surface area contributed by atoms with Crippen molar-refractivity contribution in [2.75, 3.05) is 23.1 Å². The van der Waals surface area contributed by atoms with E-state index in [-0.39, 0.29) is 17.4 Å². The van der Waals surface area contributed by atoms with Gasteiger partial charge in [-0.15, -0.1) is 23.5 Å². The summed E-state index contributed by atoms with van der Waals surface area (Å²) in [7, 11) is 0. The lowest BCUT2D eigenvalue weighted by Gasteiger charge is -2.20. The first-order valence-corrected chi connectivity index (χ1v) is 16.9. The number of benzene rings is 1. The number of pyridine rings is 3. The van der Waals surface area contributed by atoms with Crippen LogP contribution in [-0.2, 0) is 13.2 Å². The molecule has 44 heavy (non-hydrogen) atoms. The lowest BCUT2D eigenvalue weighted by Crippen LogP contribution is -2.29. The number of urea groups is 1. The second kappa shape index (κ2) is 15.7. The lowest BCUT2D eigenvalue weighted by molar-refractivity contribution is 0.240. The SMILES string of the molecule is CCCCn1ccc(-c2ccc(OCc3cccnc3)cc2OC(C)C)c(NC(=O)Nc2c(SC)cc(C)nc2SC)c1=O. The van der Waals surface area contributed by atoms with Gasteiger partial charge in [-0.1, -0.05) is 19.4 Å². The molecule has 2 N–H and O–H groups in total. The predicted molar refractivity (Wildman–Crippen MR) is 181 cm³/mol. The fourth-order valence-electron chi connectivity index (χ4n) is 4.54. The molecule has 4 rings (SSSR count). The first kappa shape index (κ1) is 32.9. The number of anilines is 2. The van der Waals surface area contributed by atoms with Gasteiger partial charge in [0, 0.05) is 58.5 Å². The average molecular weight is 634 g/mol. The van der Waals surface area contributed by atoms with Crippen molar-refractivity contribution in [3.63, 3.8) is 0 Å². The van der Waals surface area contributed by atoms with Crippen LogP contribution in [0.15, 0.2) is 75.8 Å². The van der Waals surface area contributed by atoms with Crippen LogP contribution < -0.4 is 25.7 Å². The Morgan fingerprint density at radius 2 is 1.84 bits per heavy atom. The van der Waals surface area contributed by atoms with E-state index >= 15 is 0 Å².